The third-order valence-corrected chi connectivity index (χ3v) is 1.66. The van der Waals surface area contributed by atoms with E-state index in [1.807, 2.05) is 0 Å². The zero-order chi connectivity index (χ0) is 10.8. The molecule has 0 aromatic carbocycles. The Morgan fingerprint density at radius 1 is 1.64 bits per heavy atom. The summed E-state index contributed by atoms with van der Waals surface area (Å²) in [5, 5.41) is 3.53. The molecular weight excluding hydrogens is 192 g/mol. The second-order valence-corrected chi connectivity index (χ2v) is 3.48. The number of alkyl halides is 2. The number of ether oxygens (including phenoxy) is 1. The van der Waals surface area contributed by atoms with E-state index in [0.717, 1.165) is 6.20 Å². The maximum Gasteiger partial charge on any atom is 0.333 e. The largest absolute Gasteiger partial charge is 0.469 e. The van der Waals surface area contributed by atoms with Gasteiger partial charge in [0.1, 0.15) is 5.60 Å². The Kier molecular flexibility index (Phi) is 3.05. The van der Waals surface area contributed by atoms with Crippen molar-refractivity contribution in [1.82, 2.24) is 9.78 Å². The lowest BCUT2D eigenvalue weighted by Gasteiger charge is -2.22. The Morgan fingerprint density at radius 2 is 2.29 bits per heavy atom. The molecule has 1 heterocycles. The van der Waals surface area contributed by atoms with Gasteiger partial charge in [-0.25, -0.2) is 4.68 Å². The molecule has 80 valence electrons. The molecular formula is C8H13F2N3O. The topological polar surface area (TPSA) is 53.1 Å². The summed E-state index contributed by atoms with van der Waals surface area (Å²) in [5.41, 5.74) is 4.82. The van der Waals surface area contributed by atoms with Gasteiger partial charge in [-0.15, -0.1) is 5.10 Å². The molecule has 0 saturated carbocycles. The zero-order valence-electron chi connectivity index (χ0n) is 8.08. The molecule has 0 atom stereocenters. The van der Waals surface area contributed by atoms with Crippen molar-refractivity contribution in [1.29, 1.82) is 0 Å². The van der Waals surface area contributed by atoms with E-state index in [2.05, 4.69) is 5.10 Å². The highest BCUT2D eigenvalue weighted by Crippen LogP contribution is 2.17. The molecule has 0 amide bonds. The summed E-state index contributed by atoms with van der Waals surface area (Å²) in [6.07, 6.45) is 1.16. The van der Waals surface area contributed by atoms with Crippen molar-refractivity contribution in [2.45, 2.75) is 26.0 Å². The molecule has 0 bridgehead atoms. The van der Waals surface area contributed by atoms with Crippen molar-refractivity contribution in [2.24, 2.45) is 5.73 Å². The van der Waals surface area contributed by atoms with Crippen LogP contribution < -0.4 is 10.5 Å². The van der Waals surface area contributed by atoms with Crippen molar-refractivity contribution in [3.63, 3.8) is 0 Å². The third-order valence-electron chi connectivity index (χ3n) is 1.66. The predicted molar refractivity (Wildman–Crippen MR) is 47.2 cm³/mol. The SMILES string of the molecule is CC(C)(CN)Oc1ccn(C(F)F)n1. The standard InChI is InChI=1S/C8H13F2N3O/c1-8(2,5-11)14-6-3-4-13(12-6)7(9)10/h3-4,7H,5,11H2,1-2H3. The molecule has 14 heavy (non-hydrogen) atoms. The first-order valence-corrected chi connectivity index (χ1v) is 4.17. The lowest BCUT2D eigenvalue weighted by Crippen LogP contribution is -2.37. The van der Waals surface area contributed by atoms with Gasteiger partial charge in [-0.3, -0.25) is 0 Å². The van der Waals surface area contributed by atoms with Crippen LogP contribution in [0.2, 0.25) is 0 Å². The Labute approximate surface area is 80.6 Å². The highest BCUT2D eigenvalue weighted by atomic mass is 19.3. The molecule has 0 radical (unpaired) electrons. The summed E-state index contributed by atoms with van der Waals surface area (Å²) in [5.74, 6) is 0.153. The quantitative estimate of drug-likeness (QED) is 0.808. The van der Waals surface area contributed by atoms with Gasteiger partial charge in [0.25, 0.3) is 0 Å². The van der Waals surface area contributed by atoms with E-state index in [-0.39, 0.29) is 12.4 Å². The van der Waals surface area contributed by atoms with Crippen LogP contribution in [-0.4, -0.2) is 21.9 Å². The van der Waals surface area contributed by atoms with Crippen molar-refractivity contribution in [3.05, 3.63) is 12.3 Å². The molecule has 0 saturated heterocycles. The van der Waals surface area contributed by atoms with E-state index in [9.17, 15) is 8.78 Å². The minimum absolute atomic E-state index is 0.153. The summed E-state index contributed by atoms with van der Waals surface area (Å²) >= 11 is 0. The molecule has 1 aromatic rings. The second-order valence-electron chi connectivity index (χ2n) is 3.48. The molecule has 0 unspecified atom stereocenters. The fourth-order valence-corrected chi connectivity index (χ4v) is 0.808. The van der Waals surface area contributed by atoms with Crippen LogP contribution in [0.4, 0.5) is 8.78 Å². The van der Waals surface area contributed by atoms with Gasteiger partial charge in [-0.1, -0.05) is 0 Å². The van der Waals surface area contributed by atoms with Crippen molar-refractivity contribution in [2.75, 3.05) is 6.54 Å². The van der Waals surface area contributed by atoms with E-state index < -0.39 is 12.2 Å². The number of hydrogen-bond acceptors (Lipinski definition) is 3. The fraction of sp³-hybridized carbons (Fsp3) is 0.625. The van der Waals surface area contributed by atoms with Crippen LogP contribution in [-0.2, 0) is 0 Å². The zero-order valence-corrected chi connectivity index (χ0v) is 8.08. The van der Waals surface area contributed by atoms with E-state index in [0.29, 0.717) is 4.68 Å². The third kappa shape index (κ3) is 2.66. The Balaban J connectivity index is 2.69. The van der Waals surface area contributed by atoms with Gasteiger partial charge in [0.15, 0.2) is 0 Å². The van der Waals surface area contributed by atoms with Crippen LogP contribution in [0.3, 0.4) is 0 Å². The average Bonchev–Trinajstić information content (AvgIpc) is 2.52. The van der Waals surface area contributed by atoms with Gasteiger partial charge >= 0.3 is 6.55 Å². The number of halogens is 2. The van der Waals surface area contributed by atoms with Crippen molar-refractivity contribution < 1.29 is 13.5 Å². The Bertz CT molecular complexity index is 299. The van der Waals surface area contributed by atoms with Crippen molar-refractivity contribution in [3.8, 4) is 5.88 Å². The maximum absolute atomic E-state index is 12.1. The summed E-state index contributed by atoms with van der Waals surface area (Å²) < 4.78 is 30.1. The number of nitrogens with zero attached hydrogens (tertiary/aromatic N) is 2. The van der Waals surface area contributed by atoms with E-state index in [4.69, 9.17) is 10.5 Å². The minimum atomic E-state index is -2.65. The van der Waals surface area contributed by atoms with E-state index in [1.165, 1.54) is 6.07 Å². The van der Waals surface area contributed by atoms with Crippen LogP contribution in [0.25, 0.3) is 0 Å². The average molecular weight is 205 g/mol. The molecule has 0 aliphatic rings. The molecule has 0 spiro atoms. The summed E-state index contributed by atoms with van der Waals surface area (Å²) in [4.78, 5) is 0. The monoisotopic (exact) mass is 205 g/mol. The van der Waals surface area contributed by atoms with Crippen LogP contribution >= 0.6 is 0 Å². The molecule has 4 nitrogen and oxygen atoms in total. The summed E-state index contributed by atoms with van der Waals surface area (Å²) in [6.45, 7) is 1.16. The summed E-state index contributed by atoms with van der Waals surface area (Å²) in [7, 11) is 0. The maximum atomic E-state index is 12.1. The fourth-order valence-electron chi connectivity index (χ4n) is 0.808. The first kappa shape index (κ1) is 10.9. The van der Waals surface area contributed by atoms with E-state index >= 15 is 0 Å². The smallest absolute Gasteiger partial charge is 0.333 e. The first-order chi connectivity index (χ1) is 6.44. The first-order valence-electron chi connectivity index (χ1n) is 4.17. The predicted octanol–water partition coefficient (Wildman–Crippen LogP) is 1.39. The number of rotatable bonds is 4. The molecule has 0 aliphatic carbocycles. The van der Waals surface area contributed by atoms with Gasteiger partial charge in [-0.05, 0) is 13.8 Å². The van der Waals surface area contributed by atoms with Crippen LogP contribution in [0, 0.1) is 0 Å². The Hall–Kier alpha value is -1.17. The minimum Gasteiger partial charge on any atom is -0.469 e. The highest BCUT2D eigenvalue weighted by Gasteiger charge is 2.19. The van der Waals surface area contributed by atoms with Crippen LogP contribution in [0.1, 0.15) is 20.4 Å². The Morgan fingerprint density at radius 3 is 2.71 bits per heavy atom. The van der Waals surface area contributed by atoms with Gasteiger partial charge in [0.2, 0.25) is 5.88 Å². The van der Waals surface area contributed by atoms with Gasteiger partial charge in [-0.2, -0.15) is 8.78 Å². The lowest BCUT2D eigenvalue weighted by atomic mass is 10.1. The lowest BCUT2D eigenvalue weighted by molar-refractivity contribution is 0.0508. The normalized spacial score (nSPS) is 12.1. The van der Waals surface area contributed by atoms with Crippen LogP contribution in [0.15, 0.2) is 12.3 Å². The number of aromatic nitrogens is 2. The van der Waals surface area contributed by atoms with Crippen LogP contribution in [0.5, 0.6) is 5.88 Å². The van der Waals surface area contributed by atoms with Gasteiger partial charge in [0.05, 0.1) is 0 Å². The molecule has 1 aromatic heterocycles. The second kappa shape index (κ2) is 3.91. The molecule has 1 rings (SSSR count). The molecule has 0 fully saturated rings. The van der Waals surface area contributed by atoms with Gasteiger partial charge in [0, 0.05) is 18.8 Å². The number of hydrogen-bond donors (Lipinski definition) is 1. The number of nitrogens with two attached hydrogens (primary N) is 1. The van der Waals surface area contributed by atoms with Crippen molar-refractivity contribution >= 4 is 0 Å². The van der Waals surface area contributed by atoms with Gasteiger partial charge < -0.3 is 10.5 Å². The molecule has 2 N–H and O–H groups in total. The van der Waals surface area contributed by atoms with E-state index in [1.54, 1.807) is 13.8 Å². The molecule has 6 heteroatoms. The molecule has 0 aliphatic heterocycles. The highest BCUT2D eigenvalue weighted by molar-refractivity contribution is 5.07. The summed E-state index contributed by atoms with van der Waals surface area (Å²) in [6, 6.07) is 1.38.